The van der Waals surface area contributed by atoms with Crippen molar-refractivity contribution in [3.05, 3.63) is 27.7 Å². The Hall–Kier alpha value is -1.27. The van der Waals surface area contributed by atoms with E-state index in [2.05, 4.69) is 9.73 Å². The van der Waals surface area contributed by atoms with Crippen LogP contribution in [0.1, 0.15) is 19.4 Å². The molecule has 1 aromatic carbocycles. The van der Waals surface area contributed by atoms with Gasteiger partial charge in [-0.05, 0) is 26.0 Å². The molecule has 0 aliphatic heterocycles. The maximum Gasteiger partial charge on any atom is 0.387 e. The van der Waals surface area contributed by atoms with E-state index in [9.17, 15) is 8.78 Å². The van der Waals surface area contributed by atoms with Crippen molar-refractivity contribution in [1.29, 1.82) is 0 Å². The molecule has 0 bridgehead atoms. The number of rotatable bonds is 6. The number of aliphatic imine (C=N–C) groups is 1. The van der Waals surface area contributed by atoms with Gasteiger partial charge >= 0.3 is 6.61 Å². The van der Waals surface area contributed by atoms with Gasteiger partial charge in [0.2, 0.25) is 0 Å². The summed E-state index contributed by atoms with van der Waals surface area (Å²) in [5.74, 6) is 0.186. The molecule has 0 aliphatic rings. The monoisotopic (exact) mass is 339 g/mol. The number of hydrogen-bond acceptors (Lipinski definition) is 2. The van der Waals surface area contributed by atoms with Crippen LogP contribution in [0, 0.1) is 0 Å². The smallest absolute Gasteiger partial charge is 0.387 e. The van der Waals surface area contributed by atoms with Crippen molar-refractivity contribution in [2.75, 3.05) is 13.1 Å². The van der Waals surface area contributed by atoms with Gasteiger partial charge in [-0.25, -0.2) is 4.99 Å². The van der Waals surface area contributed by atoms with Gasteiger partial charge in [-0.1, -0.05) is 23.2 Å². The lowest BCUT2D eigenvalue weighted by Gasteiger charge is -2.19. The average Bonchev–Trinajstić information content (AvgIpc) is 2.40. The maximum atomic E-state index is 12.4. The van der Waals surface area contributed by atoms with Crippen molar-refractivity contribution in [3.63, 3.8) is 0 Å². The van der Waals surface area contributed by atoms with Crippen molar-refractivity contribution >= 4 is 29.2 Å². The molecule has 0 saturated heterocycles. The second kappa shape index (κ2) is 8.24. The molecule has 1 rings (SSSR count). The minimum absolute atomic E-state index is 0.00871. The Morgan fingerprint density at radius 1 is 1.33 bits per heavy atom. The highest BCUT2D eigenvalue weighted by atomic mass is 35.5. The van der Waals surface area contributed by atoms with Gasteiger partial charge in [0, 0.05) is 23.7 Å². The Balaban J connectivity index is 3.04. The van der Waals surface area contributed by atoms with Crippen LogP contribution < -0.4 is 10.5 Å². The molecule has 0 aromatic heterocycles. The fraction of sp³-hybridized carbons (Fsp3) is 0.462. The van der Waals surface area contributed by atoms with E-state index in [0.29, 0.717) is 29.6 Å². The molecule has 0 fully saturated rings. The molecule has 1 aromatic rings. The lowest BCUT2D eigenvalue weighted by atomic mass is 10.2. The van der Waals surface area contributed by atoms with E-state index in [1.165, 1.54) is 12.1 Å². The second-order valence-corrected chi connectivity index (χ2v) is 4.94. The topological polar surface area (TPSA) is 50.8 Å². The van der Waals surface area contributed by atoms with Gasteiger partial charge in [-0.3, -0.25) is 0 Å². The third-order valence-corrected chi connectivity index (χ3v) is 3.29. The number of ether oxygens (including phenoxy) is 1. The first-order chi connectivity index (χ1) is 9.88. The quantitative estimate of drug-likeness (QED) is 0.634. The second-order valence-electron chi connectivity index (χ2n) is 4.10. The van der Waals surface area contributed by atoms with Gasteiger partial charge in [0.05, 0.1) is 11.6 Å². The van der Waals surface area contributed by atoms with Crippen LogP contribution in [0.2, 0.25) is 10.0 Å². The predicted molar refractivity (Wildman–Crippen MR) is 81.3 cm³/mol. The normalized spacial score (nSPS) is 11.9. The van der Waals surface area contributed by atoms with Crippen LogP contribution >= 0.6 is 23.2 Å². The summed E-state index contributed by atoms with van der Waals surface area (Å²) in [4.78, 5) is 6.00. The van der Waals surface area contributed by atoms with Crippen LogP contribution in [0.4, 0.5) is 8.78 Å². The minimum atomic E-state index is -2.98. The van der Waals surface area contributed by atoms with Crippen LogP contribution in [0.15, 0.2) is 17.1 Å². The third-order valence-electron chi connectivity index (χ3n) is 2.79. The van der Waals surface area contributed by atoms with Gasteiger partial charge in [0.1, 0.15) is 5.75 Å². The van der Waals surface area contributed by atoms with Crippen molar-refractivity contribution < 1.29 is 13.5 Å². The fourth-order valence-electron chi connectivity index (χ4n) is 1.77. The Kier molecular flexibility index (Phi) is 6.98. The summed E-state index contributed by atoms with van der Waals surface area (Å²) >= 11 is 11.8. The molecular weight excluding hydrogens is 323 g/mol. The van der Waals surface area contributed by atoms with E-state index in [4.69, 9.17) is 28.9 Å². The zero-order chi connectivity index (χ0) is 16.0. The lowest BCUT2D eigenvalue weighted by molar-refractivity contribution is -0.0503. The third kappa shape index (κ3) is 5.21. The summed E-state index contributed by atoms with van der Waals surface area (Å²) < 4.78 is 29.3. The molecule has 0 atom stereocenters. The molecule has 2 N–H and O–H groups in total. The van der Waals surface area contributed by atoms with Gasteiger partial charge in [0.25, 0.3) is 0 Å². The molecule has 8 heteroatoms. The van der Waals surface area contributed by atoms with E-state index in [0.717, 1.165) is 0 Å². The van der Waals surface area contributed by atoms with Gasteiger partial charge < -0.3 is 15.4 Å². The Morgan fingerprint density at radius 3 is 2.48 bits per heavy atom. The SMILES string of the molecule is CCN(CC)C(N)=NCc1cc(Cl)cc(Cl)c1OC(F)F. The van der Waals surface area contributed by atoms with Gasteiger partial charge in [0.15, 0.2) is 5.96 Å². The summed E-state index contributed by atoms with van der Waals surface area (Å²) in [5.41, 5.74) is 6.19. The fourth-order valence-corrected chi connectivity index (χ4v) is 2.35. The Morgan fingerprint density at radius 2 is 1.95 bits per heavy atom. The van der Waals surface area contributed by atoms with Crippen molar-refractivity contribution in [3.8, 4) is 5.75 Å². The summed E-state index contributed by atoms with van der Waals surface area (Å²) in [6.45, 7) is 2.34. The van der Waals surface area contributed by atoms with Crippen LogP contribution in [0.3, 0.4) is 0 Å². The van der Waals surface area contributed by atoms with E-state index < -0.39 is 6.61 Å². The molecule has 0 radical (unpaired) electrons. The average molecular weight is 340 g/mol. The maximum absolute atomic E-state index is 12.4. The highest BCUT2D eigenvalue weighted by molar-refractivity contribution is 6.35. The number of hydrogen-bond donors (Lipinski definition) is 1. The van der Waals surface area contributed by atoms with E-state index in [-0.39, 0.29) is 17.3 Å². The molecule has 0 heterocycles. The number of guanidine groups is 1. The zero-order valence-electron chi connectivity index (χ0n) is 11.7. The first kappa shape index (κ1) is 17.8. The standard InChI is InChI=1S/C13H17Cl2F2N3O/c1-3-20(4-2)13(18)19-7-8-5-9(14)6-10(15)11(8)21-12(16)17/h5-6,12H,3-4,7H2,1-2H3,(H2,18,19). The van der Waals surface area contributed by atoms with Crippen molar-refractivity contribution in [1.82, 2.24) is 4.90 Å². The van der Waals surface area contributed by atoms with Crippen LogP contribution in [0.5, 0.6) is 5.75 Å². The summed E-state index contributed by atoms with van der Waals surface area (Å²) in [6, 6.07) is 2.81. The Bertz CT molecular complexity index is 508. The van der Waals surface area contributed by atoms with Gasteiger partial charge in [-0.15, -0.1) is 0 Å². The largest absolute Gasteiger partial charge is 0.433 e. The van der Waals surface area contributed by atoms with Gasteiger partial charge in [-0.2, -0.15) is 8.78 Å². The highest BCUT2D eigenvalue weighted by Gasteiger charge is 2.15. The lowest BCUT2D eigenvalue weighted by Crippen LogP contribution is -2.37. The number of nitrogens with zero attached hydrogens (tertiary/aromatic N) is 2. The molecular formula is C13H17Cl2F2N3O. The minimum Gasteiger partial charge on any atom is -0.433 e. The number of halogens is 4. The summed E-state index contributed by atoms with van der Waals surface area (Å²) in [7, 11) is 0. The van der Waals surface area contributed by atoms with Crippen LogP contribution in [0.25, 0.3) is 0 Å². The number of nitrogens with two attached hydrogens (primary N) is 1. The summed E-state index contributed by atoms with van der Waals surface area (Å²) in [5, 5.41) is 0.322. The first-order valence-corrected chi connectivity index (χ1v) is 7.12. The molecule has 4 nitrogen and oxygen atoms in total. The summed E-state index contributed by atoms with van der Waals surface area (Å²) in [6.07, 6.45) is 0. The molecule has 0 saturated carbocycles. The number of benzene rings is 1. The molecule has 0 aliphatic carbocycles. The van der Waals surface area contributed by atoms with Crippen LogP contribution in [-0.4, -0.2) is 30.6 Å². The van der Waals surface area contributed by atoms with E-state index in [1.807, 2.05) is 18.7 Å². The molecule has 0 unspecified atom stereocenters. The first-order valence-electron chi connectivity index (χ1n) is 6.36. The Labute approximate surface area is 132 Å². The van der Waals surface area contributed by atoms with E-state index >= 15 is 0 Å². The van der Waals surface area contributed by atoms with Crippen LogP contribution in [-0.2, 0) is 6.54 Å². The molecule has 21 heavy (non-hydrogen) atoms. The zero-order valence-corrected chi connectivity index (χ0v) is 13.3. The molecule has 0 spiro atoms. The molecule has 0 amide bonds. The highest BCUT2D eigenvalue weighted by Crippen LogP contribution is 2.34. The number of alkyl halides is 2. The van der Waals surface area contributed by atoms with Crippen molar-refractivity contribution in [2.24, 2.45) is 10.7 Å². The van der Waals surface area contributed by atoms with E-state index in [1.54, 1.807) is 0 Å². The van der Waals surface area contributed by atoms with Crippen molar-refractivity contribution in [2.45, 2.75) is 27.0 Å². The molecule has 118 valence electrons. The predicted octanol–water partition coefficient (Wildman–Crippen LogP) is 3.75.